The highest BCUT2D eigenvalue weighted by Crippen LogP contribution is 2.11. The van der Waals surface area contributed by atoms with Gasteiger partial charge in [-0.25, -0.2) is 4.98 Å². The van der Waals surface area contributed by atoms with E-state index in [1.165, 1.54) is 4.88 Å². The van der Waals surface area contributed by atoms with Crippen LogP contribution < -0.4 is 10.6 Å². The molecule has 22 heavy (non-hydrogen) atoms. The summed E-state index contributed by atoms with van der Waals surface area (Å²) in [6.45, 7) is 10.8. The van der Waals surface area contributed by atoms with Crippen LogP contribution in [0.5, 0.6) is 0 Å². The Hall–Kier alpha value is -0.410. The molecule has 7 heteroatoms. The van der Waals surface area contributed by atoms with Crippen LogP contribution in [0.1, 0.15) is 37.1 Å². The van der Waals surface area contributed by atoms with Crippen LogP contribution in [0.2, 0.25) is 0 Å². The normalized spacial score (nSPS) is 12.9. The molecule has 128 valence electrons. The number of halogens is 1. The van der Waals surface area contributed by atoms with Crippen molar-refractivity contribution < 1.29 is 4.74 Å². The Balaban J connectivity index is 0.00000441. The van der Waals surface area contributed by atoms with Crippen molar-refractivity contribution in [2.45, 2.75) is 46.8 Å². The molecule has 5 nitrogen and oxygen atoms in total. The summed E-state index contributed by atoms with van der Waals surface area (Å²) in [5.74, 6) is 1.34. The zero-order valence-electron chi connectivity index (χ0n) is 14.2. The van der Waals surface area contributed by atoms with E-state index in [-0.39, 0.29) is 24.0 Å². The van der Waals surface area contributed by atoms with Crippen molar-refractivity contribution in [2.24, 2.45) is 10.9 Å². The molecule has 0 saturated carbocycles. The van der Waals surface area contributed by atoms with Gasteiger partial charge in [0, 0.05) is 31.3 Å². The van der Waals surface area contributed by atoms with Gasteiger partial charge in [0.15, 0.2) is 5.96 Å². The highest BCUT2D eigenvalue weighted by molar-refractivity contribution is 14.0. The molecule has 0 bridgehead atoms. The standard InChI is InChI=1S/C15H28N4OS.HI/c1-6-20-13(11(2)3)7-8-17-15(16-5)19-10-14-18-9-12(4)21-14;/h9,11,13H,6-8,10H2,1-5H3,(H2,16,17,19);1H. The maximum atomic E-state index is 5.74. The maximum absolute atomic E-state index is 5.74. The van der Waals surface area contributed by atoms with Gasteiger partial charge in [0.2, 0.25) is 0 Å². The third-order valence-corrected chi connectivity index (χ3v) is 4.06. The van der Waals surface area contributed by atoms with Gasteiger partial charge >= 0.3 is 0 Å². The third-order valence-electron chi connectivity index (χ3n) is 3.15. The SMILES string of the molecule is CCOC(CCNC(=NC)NCc1ncc(C)s1)C(C)C.I. The van der Waals surface area contributed by atoms with Crippen molar-refractivity contribution in [1.82, 2.24) is 15.6 Å². The molecule has 1 rings (SSSR count). The maximum Gasteiger partial charge on any atom is 0.191 e. The van der Waals surface area contributed by atoms with Crippen LogP contribution in [-0.2, 0) is 11.3 Å². The molecule has 1 heterocycles. The Labute approximate surface area is 155 Å². The fourth-order valence-corrected chi connectivity index (χ4v) is 2.75. The molecule has 0 aliphatic carbocycles. The molecule has 0 aliphatic rings. The molecule has 1 aromatic rings. The van der Waals surface area contributed by atoms with Crippen molar-refractivity contribution in [3.63, 3.8) is 0 Å². The molecule has 1 aromatic heterocycles. The van der Waals surface area contributed by atoms with E-state index in [1.807, 2.05) is 13.1 Å². The molecule has 0 radical (unpaired) electrons. The Kier molecular flexibility index (Phi) is 11.8. The van der Waals surface area contributed by atoms with Gasteiger partial charge in [0.25, 0.3) is 0 Å². The van der Waals surface area contributed by atoms with Crippen LogP contribution in [0.4, 0.5) is 0 Å². The first-order valence-corrected chi connectivity index (χ1v) is 8.35. The van der Waals surface area contributed by atoms with Crippen molar-refractivity contribution in [1.29, 1.82) is 0 Å². The molecule has 0 aliphatic heterocycles. The molecular formula is C15H29IN4OS. The second kappa shape index (κ2) is 12.1. The van der Waals surface area contributed by atoms with Crippen molar-refractivity contribution in [3.8, 4) is 0 Å². The van der Waals surface area contributed by atoms with Crippen LogP contribution in [0, 0.1) is 12.8 Å². The molecule has 1 unspecified atom stereocenters. The van der Waals surface area contributed by atoms with Gasteiger partial charge in [-0.2, -0.15) is 0 Å². The number of aliphatic imine (C=N–C) groups is 1. The Bertz CT molecular complexity index is 437. The minimum atomic E-state index is 0. The molecule has 1 atom stereocenters. The van der Waals surface area contributed by atoms with Crippen LogP contribution in [-0.4, -0.2) is 37.2 Å². The van der Waals surface area contributed by atoms with Crippen molar-refractivity contribution in [3.05, 3.63) is 16.1 Å². The summed E-state index contributed by atoms with van der Waals surface area (Å²) in [5, 5.41) is 7.68. The number of nitrogens with zero attached hydrogens (tertiary/aromatic N) is 2. The second-order valence-electron chi connectivity index (χ2n) is 5.24. The summed E-state index contributed by atoms with van der Waals surface area (Å²) in [4.78, 5) is 9.79. The lowest BCUT2D eigenvalue weighted by Crippen LogP contribution is -2.38. The van der Waals surface area contributed by atoms with Gasteiger partial charge in [-0.1, -0.05) is 13.8 Å². The first-order chi connectivity index (χ1) is 10.1. The summed E-state index contributed by atoms with van der Waals surface area (Å²) in [5.41, 5.74) is 0. The summed E-state index contributed by atoms with van der Waals surface area (Å²) in [6, 6.07) is 0. The van der Waals surface area contributed by atoms with Gasteiger partial charge in [-0.3, -0.25) is 4.99 Å². The number of hydrogen-bond acceptors (Lipinski definition) is 4. The summed E-state index contributed by atoms with van der Waals surface area (Å²) >= 11 is 1.70. The fourth-order valence-electron chi connectivity index (χ4n) is 2.02. The van der Waals surface area contributed by atoms with Gasteiger partial charge < -0.3 is 15.4 Å². The lowest BCUT2D eigenvalue weighted by atomic mass is 10.0. The number of aromatic nitrogens is 1. The highest BCUT2D eigenvalue weighted by Gasteiger charge is 2.13. The quantitative estimate of drug-likeness (QED) is 0.371. The minimum Gasteiger partial charge on any atom is -0.378 e. The van der Waals surface area contributed by atoms with Gasteiger partial charge in [0.1, 0.15) is 5.01 Å². The topological polar surface area (TPSA) is 58.5 Å². The summed E-state index contributed by atoms with van der Waals surface area (Å²) in [6.07, 6.45) is 3.16. The van der Waals surface area contributed by atoms with E-state index >= 15 is 0 Å². The molecule has 0 amide bonds. The largest absolute Gasteiger partial charge is 0.378 e. The Morgan fingerprint density at radius 1 is 1.41 bits per heavy atom. The second-order valence-corrected chi connectivity index (χ2v) is 6.56. The van der Waals surface area contributed by atoms with E-state index in [0.29, 0.717) is 18.6 Å². The van der Waals surface area contributed by atoms with Crippen molar-refractivity contribution >= 4 is 41.3 Å². The first-order valence-electron chi connectivity index (χ1n) is 7.54. The number of guanidine groups is 1. The third kappa shape index (κ3) is 8.28. The first kappa shape index (κ1) is 21.6. The predicted octanol–water partition coefficient (Wildman–Crippen LogP) is 3.19. The zero-order chi connectivity index (χ0) is 15.7. The van der Waals surface area contributed by atoms with Crippen LogP contribution in [0.15, 0.2) is 11.2 Å². The summed E-state index contributed by atoms with van der Waals surface area (Å²) in [7, 11) is 1.78. The van der Waals surface area contributed by atoms with E-state index in [0.717, 1.165) is 30.5 Å². The lowest BCUT2D eigenvalue weighted by Gasteiger charge is -2.21. The highest BCUT2D eigenvalue weighted by atomic mass is 127. The van der Waals surface area contributed by atoms with E-state index < -0.39 is 0 Å². The number of thiazole rings is 1. The van der Waals surface area contributed by atoms with Gasteiger partial charge in [0.05, 0.1) is 12.6 Å². The smallest absolute Gasteiger partial charge is 0.191 e. The predicted molar refractivity (Wildman–Crippen MR) is 105 cm³/mol. The number of rotatable bonds is 8. The minimum absolute atomic E-state index is 0. The van der Waals surface area contributed by atoms with Crippen LogP contribution >= 0.6 is 35.3 Å². The monoisotopic (exact) mass is 440 g/mol. The lowest BCUT2D eigenvalue weighted by molar-refractivity contribution is 0.0258. The fraction of sp³-hybridized carbons (Fsp3) is 0.733. The number of ether oxygens (including phenoxy) is 1. The van der Waals surface area contributed by atoms with Crippen molar-refractivity contribution in [2.75, 3.05) is 20.2 Å². The van der Waals surface area contributed by atoms with E-state index in [2.05, 4.69) is 41.4 Å². The molecule has 0 saturated heterocycles. The number of nitrogens with one attached hydrogen (secondary N) is 2. The molecular weight excluding hydrogens is 411 g/mol. The molecule has 2 N–H and O–H groups in total. The summed E-state index contributed by atoms with van der Waals surface area (Å²) < 4.78 is 5.74. The zero-order valence-corrected chi connectivity index (χ0v) is 17.3. The molecule has 0 fully saturated rings. The number of hydrogen-bond donors (Lipinski definition) is 2. The van der Waals surface area contributed by atoms with E-state index in [9.17, 15) is 0 Å². The van der Waals surface area contributed by atoms with Crippen LogP contribution in [0.25, 0.3) is 0 Å². The average Bonchev–Trinajstić information content (AvgIpc) is 2.86. The Morgan fingerprint density at radius 2 is 2.14 bits per heavy atom. The average molecular weight is 440 g/mol. The Morgan fingerprint density at radius 3 is 2.64 bits per heavy atom. The van der Waals surface area contributed by atoms with Gasteiger partial charge in [-0.15, -0.1) is 35.3 Å². The van der Waals surface area contributed by atoms with Gasteiger partial charge in [-0.05, 0) is 26.2 Å². The molecule has 0 spiro atoms. The number of aryl methyl sites for hydroxylation is 1. The van der Waals surface area contributed by atoms with E-state index in [4.69, 9.17) is 4.74 Å². The molecule has 0 aromatic carbocycles. The van der Waals surface area contributed by atoms with Crippen LogP contribution in [0.3, 0.4) is 0 Å². The van der Waals surface area contributed by atoms with E-state index in [1.54, 1.807) is 18.4 Å².